The van der Waals surface area contributed by atoms with Crippen LogP contribution in [-0.2, 0) is 5.41 Å². The molecule has 12 aromatic carbocycles. The fraction of sp³-hybridized carbons (Fsp3) is 0.0137. The molecule has 3 heteroatoms. The molecular formula is C73H47N3. The second-order valence-electron chi connectivity index (χ2n) is 20.4. The van der Waals surface area contributed by atoms with E-state index >= 15 is 0 Å². The topological polar surface area (TPSA) is 13.1 Å². The van der Waals surface area contributed by atoms with Gasteiger partial charge in [0, 0.05) is 44.2 Å². The van der Waals surface area contributed by atoms with Crippen molar-refractivity contribution in [2.45, 2.75) is 5.41 Å². The van der Waals surface area contributed by atoms with Gasteiger partial charge in [-0.3, -0.25) is 0 Å². The van der Waals surface area contributed by atoms with Crippen LogP contribution in [0.5, 0.6) is 0 Å². The number of rotatable bonds is 7. The summed E-state index contributed by atoms with van der Waals surface area (Å²) in [7, 11) is 0. The third kappa shape index (κ3) is 6.05. The Labute approximate surface area is 441 Å². The average molecular weight is 966 g/mol. The Morgan fingerprint density at radius 1 is 0.276 bits per heavy atom. The largest absolute Gasteiger partial charge is 0.310 e. The molecule has 76 heavy (non-hydrogen) atoms. The zero-order chi connectivity index (χ0) is 49.9. The second-order valence-corrected chi connectivity index (χ2v) is 20.4. The third-order valence-electron chi connectivity index (χ3n) is 16.5. The van der Waals surface area contributed by atoms with Gasteiger partial charge in [-0.1, -0.05) is 218 Å². The summed E-state index contributed by atoms with van der Waals surface area (Å²) in [6.07, 6.45) is 0. The quantitative estimate of drug-likeness (QED) is 0.155. The maximum Gasteiger partial charge on any atom is 0.0754 e. The summed E-state index contributed by atoms with van der Waals surface area (Å²) in [4.78, 5) is 2.46. The summed E-state index contributed by atoms with van der Waals surface area (Å²) in [5.74, 6) is 0. The van der Waals surface area contributed by atoms with Crippen molar-refractivity contribution in [3.8, 4) is 55.9 Å². The molecule has 3 heterocycles. The van der Waals surface area contributed by atoms with Crippen LogP contribution in [0.15, 0.2) is 285 Å². The number of hydrogen-bond donors (Lipinski definition) is 0. The molecule has 0 saturated carbocycles. The second kappa shape index (κ2) is 16.5. The van der Waals surface area contributed by atoms with Crippen LogP contribution in [0, 0.1) is 0 Å². The lowest BCUT2D eigenvalue weighted by atomic mass is 9.65. The molecule has 0 atom stereocenters. The molecule has 16 rings (SSSR count). The highest BCUT2D eigenvalue weighted by atomic mass is 15.1. The van der Waals surface area contributed by atoms with Gasteiger partial charge >= 0.3 is 0 Å². The van der Waals surface area contributed by atoms with Crippen LogP contribution >= 0.6 is 0 Å². The molecule has 1 spiro atoms. The van der Waals surface area contributed by atoms with Gasteiger partial charge in [-0.05, 0) is 128 Å². The zero-order valence-corrected chi connectivity index (χ0v) is 41.5. The van der Waals surface area contributed by atoms with Crippen molar-refractivity contribution < 1.29 is 0 Å². The van der Waals surface area contributed by atoms with Crippen molar-refractivity contribution in [2.24, 2.45) is 0 Å². The lowest BCUT2D eigenvalue weighted by Gasteiger charge is -2.39. The fourth-order valence-corrected chi connectivity index (χ4v) is 13.3. The molecule has 0 unspecified atom stereocenters. The first-order chi connectivity index (χ1) is 37.7. The van der Waals surface area contributed by atoms with Crippen molar-refractivity contribution in [1.82, 2.24) is 9.13 Å². The van der Waals surface area contributed by atoms with Crippen LogP contribution in [0.25, 0.3) is 99.5 Å². The Kier molecular flexibility index (Phi) is 9.25. The van der Waals surface area contributed by atoms with E-state index in [4.69, 9.17) is 0 Å². The molecule has 1 aliphatic heterocycles. The molecule has 0 bridgehead atoms. The number of para-hydroxylation sites is 5. The number of benzene rings is 12. The average Bonchev–Trinajstić information content (AvgIpc) is 4.23. The molecule has 0 saturated heterocycles. The van der Waals surface area contributed by atoms with Gasteiger partial charge in [0.25, 0.3) is 0 Å². The van der Waals surface area contributed by atoms with Crippen molar-refractivity contribution in [3.05, 3.63) is 307 Å². The highest BCUT2D eigenvalue weighted by Crippen LogP contribution is 2.61. The minimum absolute atomic E-state index is 0.470. The van der Waals surface area contributed by atoms with E-state index in [1.165, 1.54) is 93.8 Å². The number of hydrogen-bond acceptors (Lipinski definition) is 1. The highest BCUT2D eigenvalue weighted by Gasteiger charge is 2.50. The number of fused-ring (bicyclic) bond motifs is 15. The van der Waals surface area contributed by atoms with Crippen LogP contribution < -0.4 is 4.90 Å². The van der Waals surface area contributed by atoms with Crippen molar-refractivity contribution in [3.63, 3.8) is 0 Å². The van der Waals surface area contributed by atoms with Gasteiger partial charge < -0.3 is 14.0 Å². The highest BCUT2D eigenvalue weighted by molar-refractivity contribution is 6.14. The van der Waals surface area contributed by atoms with Gasteiger partial charge in [-0.2, -0.15) is 0 Å². The fourth-order valence-electron chi connectivity index (χ4n) is 13.3. The van der Waals surface area contributed by atoms with Crippen LogP contribution in [0.4, 0.5) is 17.1 Å². The molecule has 0 amide bonds. The van der Waals surface area contributed by atoms with Gasteiger partial charge in [0.05, 0.1) is 38.9 Å². The molecule has 354 valence electrons. The van der Waals surface area contributed by atoms with Crippen molar-refractivity contribution >= 4 is 60.7 Å². The zero-order valence-electron chi connectivity index (χ0n) is 41.5. The maximum absolute atomic E-state index is 2.54. The first-order valence-corrected chi connectivity index (χ1v) is 26.3. The van der Waals surface area contributed by atoms with Crippen LogP contribution in [0.1, 0.15) is 22.3 Å². The smallest absolute Gasteiger partial charge is 0.0754 e. The Hall–Kier alpha value is -9.96. The van der Waals surface area contributed by atoms with Gasteiger partial charge in [0.15, 0.2) is 0 Å². The van der Waals surface area contributed by atoms with Gasteiger partial charge in [0.1, 0.15) is 0 Å². The molecule has 3 nitrogen and oxygen atoms in total. The molecule has 2 aromatic heterocycles. The van der Waals surface area contributed by atoms with Crippen molar-refractivity contribution in [1.29, 1.82) is 0 Å². The summed E-state index contributed by atoms with van der Waals surface area (Å²) in [5, 5.41) is 4.98. The number of anilines is 3. The standard InChI is InChI=1S/C73H47N3/c1-2-18-48(19-3-1)49-36-38-51(39-37-49)56-22-6-12-32-67(56)74(53-42-40-50(41-43-53)52-20-16-21-54(46-52)75-68-33-13-7-25-59(68)60-26-8-14-34-69(60)75)55-44-45-70-62(47-55)61-27-17-31-66-72(61)76(70)71-35-15-11-30-65(71)73(66)63-28-9-4-23-57(63)58-24-5-10-29-64(58)73/h1-47H. The van der Waals surface area contributed by atoms with Gasteiger partial charge in [-0.15, -0.1) is 0 Å². The van der Waals surface area contributed by atoms with E-state index in [-0.39, 0.29) is 0 Å². The number of nitrogens with zero attached hydrogens (tertiary/aromatic N) is 3. The summed E-state index contributed by atoms with van der Waals surface area (Å²) >= 11 is 0. The molecule has 0 N–H and O–H groups in total. The van der Waals surface area contributed by atoms with Crippen LogP contribution in [0.2, 0.25) is 0 Å². The molecule has 14 aromatic rings. The Morgan fingerprint density at radius 2 is 0.776 bits per heavy atom. The van der Waals surface area contributed by atoms with Crippen molar-refractivity contribution in [2.75, 3.05) is 4.90 Å². The predicted octanol–water partition coefficient (Wildman–Crippen LogP) is 19.0. The lowest BCUT2D eigenvalue weighted by Crippen LogP contribution is -2.33. The SMILES string of the molecule is c1ccc(-c2ccc(-c3ccccc3N(c3ccc(-c4cccc(-n5c6ccccc6c6ccccc65)c4)cc3)c3ccc4c(c3)c3cccc5c3n4-c3ccccc3C53c4ccccc4-c4ccccc43)cc2)cc1. The van der Waals surface area contributed by atoms with E-state index in [0.717, 1.165) is 45.0 Å². The number of aromatic nitrogens is 2. The lowest BCUT2D eigenvalue weighted by molar-refractivity contribution is 0.748. The summed E-state index contributed by atoms with van der Waals surface area (Å²) in [5.41, 5.74) is 25.0. The summed E-state index contributed by atoms with van der Waals surface area (Å²) in [6.45, 7) is 0. The summed E-state index contributed by atoms with van der Waals surface area (Å²) in [6, 6.07) is 106. The van der Waals surface area contributed by atoms with E-state index in [1.807, 2.05) is 0 Å². The molecule has 0 fully saturated rings. The monoisotopic (exact) mass is 965 g/mol. The minimum Gasteiger partial charge on any atom is -0.310 e. The van der Waals surface area contributed by atoms with E-state index in [0.29, 0.717) is 0 Å². The molecule has 0 radical (unpaired) electrons. The van der Waals surface area contributed by atoms with E-state index < -0.39 is 5.41 Å². The van der Waals surface area contributed by atoms with Crippen LogP contribution in [-0.4, -0.2) is 9.13 Å². The third-order valence-corrected chi connectivity index (χ3v) is 16.5. The molecule has 2 aliphatic rings. The van der Waals surface area contributed by atoms with E-state index in [9.17, 15) is 0 Å². The first kappa shape index (κ1) is 42.5. The first-order valence-electron chi connectivity index (χ1n) is 26.3. The van der Waals surface area contributed by atoms with Crippen LogP contribution in [0.3, 0.4) is 0 Å². The minimum atomic E-state index is -0.470. The molecule has 1 aliphatic carbocycles. The Balaban J connectivity index is 0.880. The normalized spacial score (nSPS) is 12.8. The van der Waals surface area contributed by atoms with E-state index in [1.54, 1.807) is 0 Å². The van der Waals surface area contributed by atoms with Gasteiger partial charge in [0.2, 0.25) is 0 Å². The summed E-state index contributed by atoms with van der Waals surface area (Å²) < 4.78 is 4.94. The van der Waals surface area contributed by atoms with E-state index in [2.05, 4.69) is 299 Å². The van der Waals surface area contributed by atoms with Gasteiger partial charge in [-0.25, -0.2) is 0 Å². The Bertz CT molecular complexity index is 4530. The predicted molar refractivity (Wildman–Crippen MR) is 317 cm³/mol. The maximum atomic E-state index is 2.54. The Morgan fingerprint density at radius 3 is 1.51 bits per heavy atom. The molecular weight excluding hydrogens is 919 g/mol.